The molecule has 17 heteroatoms. The first-order valence-corrected chi connectivity index (χ1v) is 7.77. The van der Waals surface area contributed by atoms with E-state index in [1.807, 2.05) is 0 Å². The molecule has 0 unspecified atom stereocenters. The predicted molar refractivity (Wildman–Crippen MR) is 43.9 cm³/mol. The number of hydrogen-bond donors (Lipinski definition) is 2. The van der Waals surface area contributed by atoms with Crippen LogP contribution in [0.3, 0.4) is 0 Å². The largest absolute Gasteiger partial charge is 2.00 e. The van der Waals surface area contributed by atoms with Gasteiger partial charge in [0.2, 0.25) is 0 Å². The van der Waals surface area contributed by atoms with E-state index in [0.717, 1.165) is 0 Å². The smallest absolute Gasteiger partial charge is 0.478 e. The van der Waals surface area contributed by atoms with Crippen molar-refractivity contribution >= 4 is 76.9 Å². The van der Waals surface area contributed by atoms with E-state index in [0.29, 0.717) is 0 Å². The molecule has 0 aromatic heterocycles. The molecule has 0 aliphatic rings. The molecule has 0 bridgehead atoms. The van der Waals surface area contributed by atoms with Crippen molar-refractivity contribution in [2.45, 2.75) is 0 Å². The number of hydrogen-bond acceptors (Lipinski definition) is 10. The van der Waals surface area contributed by atoms with Crippen LogP contribution in [0.15, 0.2) is 0 Å². The monoisotopic (exact) mass is 354 g/mol. The van der Waals surface area contributed by atoms with Crippen LogP contribution >= 0.6 is 0 Å². The molecule has 0 saturated heterocycles. The van der Waals surface area contributed by atoms with Crippen molar-refractivity contribution in [2.75, 3.05) is 0 Å². The fraction of sp³-hybridized carbons (Fsp3) is 0. The van der Waals surface area contributed by atoms with Crippen LogP contribution in [-0.4, -0.2) is 82.0 Å². The molecule has 0 rings (SSSR count). The van der Waals surface area contributed by atoms with E-state index >= 15 is 0 Å². The molecule has 0 saturated carbocycles. The predicted octanol–water partition coefficient (Wildman–Crippen LogP) is -5.22. The summed E-state index contributed by atoms with van der Waals surface area (Å²) in [7, 11) is -17.3. The van der Waals surface area contributed by atoms with Crippen LogP contribution < -0.4 is 9.59 Å². The zero-order valence-electron chi connectivity index (χ0n) is 7.50. The van der Waals surface area contributed by atoms with Gasteiger partial charge in [-0.1, -0.05) is 0 Å². The van der Waals surface area contributed by atoms with E-state index in [1.54, 1.807) is 0 Å². The van der Waals surface area contributed by atoms with Gasteiger partial charge in [-0.05, 0) is 0 Å². The minimum atomic E-state index is -4.80. The number of rotatable bonds is 4. The first-order valence-electron chi connectivity index (χ1n) is 2.59. The summed E-state index contributed by atoms with van der Waals surface area (Å²) in [4.78, 5) is 18.7. The Morgan fingerprint density at radius 2 is 1.00 bits per heavy atom. The second kappa shape index (κ2) is 9.27. The molecule has 96 valence electrons. The quantitative estimate of drug-likeness (QED) is 0.358. The molecule has 0 aliphatic heterocycles. The summed E-state index contributed by atoms with van der Waals surface area (Å²) in [5.74, 6) is 0. The zero-order valence-corrected chi connectivity index (χ0v) is 13.3. The van der Waals surface area contributed by atoms with Gasteiger partial charge in [-0.15, -0.1) is 0 Å². The minimum Gasteiger partial charge on any atom is -0.478 e. The van der Waals surface area contributed by atoms with E-state index in [4.69, 9.17) is 9.11 Å². The van der Waals surface area contributed by atoms with Crippen molar-refractivity contribution in [3.8, 4) is 0 Å². The van der Waals surface area contributed by atoms with Gasteiger partial charge in [-0.25, -0.2) is 0 Å². The molecule has 17 heavy (non-hydrogen) atoms. The molecule has 0 spiro atoms. The third kappa shape index (κ3) is 31.4. The van der Waals surface area contributed by atoms with Crippen LogP contribution in [-0.2, 0) is 37.5 Å². The van der Waals surface area contributed by atoms with Crippen molar-refractivity contribution in [1.82, 2.24) is 0 Å². The van der Waals surface area contributed by atoms with Crippen molar-refractivity contribution < 1.29 is 52.2 Å². The SMILES string of the molecule is O=[Si]([O-])OS(=O)(=O)O.O=[Si]([O-])OS(=O)(=O)O.[Ca+2]. The zero-order chi connectivity index (χ0) is 13.6. The van der Waals surface area contributed by atoms with Crippen LogP contribution in [0.4, 0.5) is 0 Å². The fourth-order valence-electron chi connectivity index (χ4n) is 0.172. The van der Waals surface area contributed by atoms with E-state index in [2.05, 4.69) is 7.74 Å². The third-order valence-corrected chi connectivity index (χ3v) is 3.12. The standard InChI is InChI=1S/Ca.2HO6SSi/c;2*1-7(2,3)6-8(4)5/h;2*(H,1,2,3)/q+2;2*-1. The summed E-state index contributed by atoms with van der Waals surface area (Å²) < 4.78 is 77.3. The van der Waals surface area contributed by atoms with Crippen molar-refractivity contribution in [2.24, 2.45) is 0 Å². The van der Waals surface area contributed by atoms with Gasteiger partial charge in [-0.2, -0.15) is 16.8 Å². The first kappa shape index (κ1) is 22.5. The molecule has 0 atom stereocenters. The van der Waals surface area contributed by atoms with Gasteiger partial charge in [0.05, 0.1) is 0 Å². The molecule has 0 aromatic carbocycles. The molecule has 0 aromatic rings. The Kier molecular flexibility index (Phi) is 12.3. The maximum Gasteiger partial charge on any atom is 2.00 e. The van der Waals surface area contributed by atoms with Gasteiger partial charge < -0.3 is 26.3 Å². The van der Waals surface area contributed by atoms with Crippen molar-refractivity contribution in [3.05, 3.63) is 0 Å². The molecule has 0 heterocycles. The summed E-state index contributed by atoms with van der Waals surface area (Å²) in [5, 5.41) is 0. The van der Waals surface area contributed by atoms with E-state index < -0.39 is 39.1 Å². The Morgan fingerprint density at radius 3 is 1.00 bits per heavy atom. The third-order valence-electron chi connectivity index (χ3n) is 0.347. The fourth-order valence-corrected chi connectivity index (χ4v) is 1.55. The van der Waals surface area contributed by atoms with Crippen molar-refractivity contribution in [3.63, 3.8) is 0 Å². The molecule has 0 aliphatic carbocycles. The van der Waals surface area contributed by atoms with Crippen LogP contribution in [0.1, 0.15) is 0 Å². The summed E-state index contributed by atoms with van der Waals surface area (Å²) in [6.45, 7) is 0. The van der Waals surface area contributed by atoms with Crippen LogP contribution in [0, 0.1) is 0 Å². The van der Waals surface area contributed by atoms with Gasteiger partial charge in [0.25, 0.3) is 0 Å². The molecular formula is H2CaO12S2Si2. The Morgan fingerprint density at radius 1 is 0.824 bits per heavy atom. The summed E-state index contributed by atoms with van der Waals surface area (Å²) in [6.07, 6.45) is 0. The van der Waals surface area contributed by atoms with Crippen LogP contribution in [0.2, 0.25) is 0 Å². The van der Waals surface area contributed by atoms with Crippen molar-refractivity contribution in [1.29, 1.82) is 0 Å². The Hall–Kier alpha value is 0.314. The molecule has 2 N–H and O–H groups in total. The summed E-state index contributed by atoms with van der Waals surface area (Å²) in [5.41, 5.74) is 0. The molecular weight excluding hydrogens is 352 g/mol. The topological polar surface area (TPSA) is 207 Å². The maximum atomic E-state index is 9.40. The van der Waals surface area contributed by atoms with E-state index in [-0.39, 0.29) is 37.7 Å². The van der Waals surface area contributed by atoms with Gasteiger partial charge in [0.1, 0.15) is 0 Å². The molecule has 0 amide bonds. The average Bonchev–Trinajstić information content (AvgIpc) is 1.72. The Labute approximate surface area is 128 Å². The first-order chi connectivity index (χ1) is 6.83. The van der Waals surface area contributed by atoms with Gasteiger partial charge in [-0.3, -0.25) is 9.11 Å². The van der Waals surface area contributed by atoms with Gasteiger partial charge >= 0.3 is 76.9 Å². The second-order valence-electron chi connectivity index (χ2n) is 1.52. The minimum absolute atomic E-state index is 0. The van der Waals surface area contributed by atoms with Crippen LogP contribution in [0.5, 0.6) is 0 Å². The molecule has 0 radical (unpaired) electrons. The normalized spacial score (nSPS) is 10.0. The molecule has 0 fully saturated rings. The summed E-state index contributed by atoms with van der Waals surface area (Å²) >= 11 is 0. The maximum absolute atomic E-state index is 9.40. The Balaban J connectivity index is -0.000000218. The average molecular weight is 354 g/mol. The molecule has 12 nitrogen and oxygen atoms in total. The van der Waals surface area contributed by atoms with Gasteiger partial charge in [0, 0.05) is 0 Å². The Bertz CT molecular complexity index is 399. The van der Waals surface area contributed by atoms with E-state index in [9.17, 15) is 35.4 Å². The second-order valence-corrected chi connectivity index (χ2v) is 5.57. The van der Waals surface area contributed by atoms with E-state index in [1.165, 1.54) is 0 Å². The van der Waals surface area contributed by atoms with Gasteiger partial charge in [0.15, 0.2) is 0 Å². The summed E-state index contributed by atoms with van der Waals surface area (Å²) in [6, 6.07) is 0. The van der Waals surface area contributed by atoms with Crippen LogP contribution in [0.25, 0.3) is 0 Å².